The van der Waals surface area contributed by atoms with E-state index in [9.17, 15) is 0 Å². The molecule has 0 atom stereocenters. The number of imidazole rings is 1. The van der Waals surface area contributed by atoms with Gasteiger partial charge >= 0.3 is 0 Å². The fourth-order valence-corrected chi connectivity index (χ4v) is 2.78. The maximum atomic E-state index is 5.58. The number of nitrogens with zero attached hydrogens (tertiary/aromatic N) is 3. The molecule has 0 aliphatic rings. The van der Waals surface area contributed by atoms with E-state index in [1.165, 1.54) is 0 Å². The van der Waals surface area contributed by atoms with Crippen molar-refractivity contribution < 1.29 is 9.47 Å². The van der Waals surface area contributed by atoms with Crippen LogP contribution in [-0.4, -0.2) is 53.5 Å². The molecule has 25 heavy (non-hydrogen) atoms. The van der Waals surface area contributed by atoms with E-state index in [0.717, 1.165) is 35.9 Å². The van der Waals surface area contributed by atoms with Gasteiger partial charge in [0.05, 0.1) is 20.0 Å². The van der Waals surface area contributed by atoms with Crippen LogP contribution in [0.5, 0.6) is 5.75 Å². The minimum absolute atomic E-state index is 0.623. The molecule has 0 spiro atoms. The number of ether oxygens (including phenoxy) is 2. The molecule has 0 aliphatic heterocycles. The van der Waals surface area contributed by atoms with E-state index in [0.29, 0.717) is 19.7 Å². The van der Waals surface area contributed by atoms with Crippen LogP contribution >= 0.6 is 12.2 Å². The summed E-state index contributed by atoms with van der Waals surface area (Å²) in [6.07, 6.45) is 6.57. The second-order valence-corrected chi connectivity index (χ2v) is 6.00. The SMILES string of the molecule is COCCNC(=S)N(CCCn1ccnc1)Cc1ccccc1OC. The lowest BCUT2D eigenvalue weighted by molar-refractivity contribution is 0.202. The van der Waals surface area contributed by atoms with Crippen molar-refractivity contribution in [2.24, 2.45) is 0 Å². The molecule has 1 aromatic heterocycles. The first-order chi connectivity index (χ1) is 12.2. The van der Waals surface area contributed by atoms with Crippen molar-refractivity contribution in [3.63, 3.8) is 0 Å². The number of hydrogen-bond donors (Lipinski definition) is 1. The first-order valence-electron chi connectivity index (χ1n) is 8.34. The van der Waals surface area contributed by atoms with E-state index in [4.69, 9.17) is 21.7 Å². The van der Waals surface area contributed by atoms with Crippen molar-refractivity contribution in [1.29, 1.82) is 0 Å². The van der Waals surface area contributed by atoms with Crippen molar-refractivity contribution in [3.05, 3.63) is 48.5 Å². The summed E-state index contributed by atoms with van der Waals surface area (Å²) < 4.78 is 12.6. The number of nitrogens with one attached hydrogen (secondary N) is 1. The maximum absolute atomic E-state index is 5.58. The fraction of sp³-hybridized carbons (Fsp3) is 0.444. The third kappa shape index (κ3) is 6.36. The smallest absolute Gasteiger partial charge is 0.169 e. The molecule has 1 N–H and O–H groups in total. The van der Waals surface area contributed by atoms with E-state index in [1.807, 2.05) is 30.7 Å². The van der Waals surface area contributed by atoms with E-state index < -0.39 is 0 Å². The van der Waals surface area contributed by atoms with Gasteiger partial charge in [-0.1, -0.05) is 18.2 Å². The van der Waals surface area contributed by atoms with Crippen molar-refractivity contribution in [3.8, 4) is 5.75 Å². The summed E-state index contributed by atoms with van der Waals surface area (Å²) in [4.78, 5) is 6.24. The highest BCUT2D eigenvalue weighted by Crippen LogP contribution is 2.19. The Labute approximate surface area is 154 Å². The number of hydrogen-bond acceptors (Lipinski definition) is 4. The molecular formula is C18H26N4O2S. The molecule has 0 saturated heterocycles. The Morgan fingerprint density at radius 1 is 1.32 bits per heavy atom. The molecule has 2 rings (SSSR count). The molecule has 2 aromatic rings. The van der Waals surface area contributed by atoms with Crippen LogP contribution < -0.4 is 10.1 Å². The molecule has 0 saturated carbocycles. The van der Waals surface area contributed by atoms with Crippen LogP contribution in [0.25, 0.3) is 0 Å². The molecule has 0 aliphatic carbocycles. The van der Waals surface area contributed by atoms with Crippen molar-refractivity contribution >= 4 is 17.3 Å². The van der Waals surface area contributed by atoms with E-state index in [1.54, 1.807) is 20.4 Å². The molecule has 0 unspecified atom stereocenters. The van der Waals surface area contributed by atoms with Gasteiger partial charge < -0.3 is 24.3 Å². The Balaban J connectivity index is 1.98. The molecule has 7 heteroatoms. The van der Waals surface area contributed by atoms with Crippen LogP contribution in [0.4, 0.5) is 0 Å². The van der Waals surface area contributed by atoms with Crippen LogP contribution in [0.15, 0.2) is 43.0 Å². The van der Waals surface area contributed by atoms with Crippen LogP contribution in [0.1, 0.15) is 12.0 Å². The molecule has 6 nitrogen and oxygen atoms in total. The maximum Gasteiger partial charge on any atom is 0.169 e. The molecular weight excluding hydrogens is 336 g/mol. The van der Waals surface area contributed by atoms with Gasteiger partial charge in [0.15, 0.2) is 5.11 Å². The van der Waals surface area contributed by atoms with Crippen molar-refractivity contribution in [1.82, 2.24) is 19.8 Å². The highest BCUT2D eigenvalue weighted by atomic mass is 32.1. The van der Waals surface area contributed by atoms with Crippen molar-refractivity contribution in [2.75, 3.05) is 33.9 Å². The van der Waals surface area contributed by atoms with Crippen LogP contribution in [0.3, 0.4) is 0 Å². The highest BCUT2D eigenvalue weighted by molar-refractivity contribution is 7.80. The van der Waals surface area contributed by atoms with E-state index in [2.05, 4.69) is 25.8 Å². The fourth-order valence-electron chi connectivity index (χ4n) is 2.53. The molecule has 1 heterocycles. The summed E-state index contributed by atoms with van der Waals surface area (Å²) in [6, 6.07) is 8.03. The summed E-state index contributed by atoms with van der Waals surface area (Å²) in [5, 5.41) is 3.99. The minimum atomic E-state index is 0.623. The first kappa shape index (κ1) is 19.2. The minimum Gasteiger partial charge on any atom is -0.496 e. The molecule has 136 valence electrons. The van der Waals surface area contributed by atoms with Crippen LogP contribution in [0, 0.1) is 0 Å². The number of methoxy groups -OCH3 is 2. The van der Waals surface area contributed by atoms with E-state index in [-0.39, 0.29) is 0 Å². The predicted octanol–water partition coefficient (Wildman–Crippen LogP) is 2.30. The third-order valence-corrected chi connectivity index (χ3v) is 4.23. The van der Waals surface area contributed by atoms with Gasteiger partial charge in [0.1, 0.15) is 5.75 Å². The quantitative estimate of drug-likeness (QED) is 0.517. The lowest BCUT2D eigenvalue weighted by atomic mass is 10.2. The van der Waals surface area contributed by atoms with Crippen LogP contribution in [-0.2, 0) is 17.8 Å². The number of rotatable bonds is 10. The third-order valence-electron chi connectivity index (χ3n) is 3.83. The topological polar surface area (TPSA) is 51.5 Å². The molecule has 0 fully saturated rings. The van der Waals surface area contributed by atoms with Gasteiger partial charge in [0, 0.05) is 51.2 Å². The zero-order valence-electron chi connectivity index (χ0n) is 14.9. The standard InChI is InChI=1S/C18H26N4O2S/c1-23-13-9-20-18(25)22(11-5-10-21-12-8-19-15-21)14-16-6-3-4-7-17(16)24-2/h3-4,6-8,12,15H,5,9-11,13-14H2,1-2H3,(H,20,25). The monoisotopic (exact) mass is 362 g/mol. The molecule has 1 aromatic carbocycles. The number of para-hydroxylation sites is 1. The van der Waals surface area contributed by atoms with Gasteiger partial charge in [-0.3, -0.25) is 0 Å². The van der Waals surface area contributed by atoms with Gasteiger partial charge in [-0.2, -0.15) is 0 Å². The Hall–Kier alpha value is -2.12. The van der Waals surface area contributed by atoms with Gasteiger partial charge in [-0.05, 0) is 24.7 Å². The van der Waals surface area contributed by atoms with Crippen LogP contribution in [0.2, 0.25) is 0 Å². The average Bonchev–Trinajstić information content (AvgIpc) is 3.15. The predicted molar refractivity (Wildman–Crippen MR) is 103 cm³/mol. The molecule has 0 bridgehead atoms. The van der Waals surface area contributed by atoms with Gasteiger partial charge in [0.25, 0.3) is 0 Å². The Morgan fingerprint density at radius 3 is 2.88 bits per heavy atom. The van der Waals surface area contributed by atoms with E-state index >= 15 is 0 Å². The Morgan fingerprint density at radius 2 is 2.16 bits per heavy atom. The summed E-state index contributed by atoms with van der Waals surface area (Å²) >= 11 is 5.58. The average molecular weight is 362 g/mol. The second-order valence-electron chi connectivity index (χ2n) is 5.61. The number of benzene rings is 1. The molecule has 0 amide bonds. The first-order valence-corrected chi connectivity index (χ1v) is 8.74. The summed E-state index contributed by atoms with van der Waals surface area (Å²) in [7, 11) is 3.37. The summed E-state index contributed by atoms with van der Waals surface area (Å²) in [5.74, 6) is 0.877. The summed E-state index contributed by atoms with van der Waals surface area (Å²) in [6.45, 7) is 3.77. The van der Waals surface area contributed by atoms with Gasteiger partial charge in [-0.25, -0.2) is 4.98 Å². The number of aryl methyl sites for hydroxylation is 1. The summed E-state index contributed by atoms with van der Waals surface area (Å²) in [5.41, 5.74) is 1.11. The van der Waals surface area contributed by atoms with Gasteiger partial charge in [0.2, 0.25) is 0 Å². The largest absolute Gasteiger partial charge is 0.496 e. The number of aromatic nitrogens is 2. The zero-order valence-corrected chi connectivity index (χ0v) is 15.7. The molecule has 0 radical (unpaired) electrons. The lowest BCUT2D eigenvalue weighted by Crippen LogP contribution is -2.41. The zero-order chi connectivity index (χ0) is 17.9. The Bertz CT molecular complexity index is 634. The Kier molecular flexibility index (Phi) is 8.21. The van der Waals surface area contributed by atoms with Crippen molar-refractivity contribution in [2.45, 2.75) is 19.5 Å². The lowest BCUT2D eigenvalue weighted by Gasteiger charge is -2.27. The van der Waals surface area contributed by atoms with Gasteiger partial charge in [-0.15, -0.1) is 0 Å². The second kappa shape index (κ2) is 10.7. The normalized spacial score (nSPS) is 10.5. The highest BCUT2D eigenvalue weighted by Gasteiger charge is 2.12. The number of thiocarbonyl (C=S) groups is 1.